The van der Waals surface area contributed by atoms with Crippen molar-refractivity contribution in [2.75, 3.05) is 5.32 Å². The van der Waals surface area contributed by atoms with Crippen molar-refractivity contribution in [1.29, 1.82) is 0 Å². The van der Waals surface area contributed by atoms with Crippen molar-refractivity contribution in [3.63, 3.8) is 0 Å². The van der Waals surface area contributed by atoms with Gasteiger partial charge in [0.15, 0.2) is 17.5 Å². The minimum atomic E-state index is -1.01. The second-order valence-electron chi connectivity index (χ2n) is 4.72. The lowest BCUT2D eigenvalue weighted by molar-refractivity contribution is 0.251. The van der Waals surface area contributed by atoms with E-state index in [4.69, 9.17) is 0 Å². The van der Waals surface area contributed by atoms with Crippen LogP contribution in [-0.2, 0) is 19.5 Å². The second kappa shape index (κ2) is 5.47. The average molecular weight is 293 g/mol. The number of carbonyl (C=O) groups excluding carboxylic acids is 1. The van der Waals surface area contributed by atoms with Crippen LogP contribution >= 0.6 is 0 Å². The Labute approximate surface area is 119 Å². The van der Waals surface area contributed by atoms with Crippen molar-refractivity contribution in [2.24, 2.45) is 0 Å². The lowest BCUT2D eigenvalue weighted by Gasteiger charge is -2.08. The molecule has 0 bridgehead atoms. The summed E-state index contributed by atoms with van der Waals surface area (Å²) >= 11 is 0. The standard InChI is InChI=1S/C13H13F2N5O/c14-9-4-3-8(6-10(9)15)17-13(21)16-7-12-19-18-11-2-1-5-20(11)12/h3-4,6H,1-2,5,7H2,(H2,16,17,21). The van der Waals surface area contributed by atoms with Crippen LogP contribution in [0.5, 0.6) is 0 Å². The fourth-order valence-electron chi connectivity index (χ4n) is 2.25. The molecule has 110 valence electrons. The Kier molecular flexibility index (Phi) is 3.51. The Balaban J connectivity index is 1.58. The highest BCUT2D eigenvalue weighted by Gasteiger charge is 2.17. The first kappa shape index (κ1) is 13.5. The van der Waals surface area contributed by atoms with Gasteiger partial charge in [0, 0.05) is 24.7 Å². The largest absolute Gasteiger partial charge is 0.331 e. The van der Waals surface area contributed by atoms with E-state index in [9.17, 15) is 13.6 Å². The lowest BCUT2D eigenvalue weighted by atomic mass is 10.3. The van der Waals surface area contributed by atoms with Gasteiger partial charge in [0.25, 0.3) is 0 Å². The predicted molar refractivity (Wildman–Crippen MR) is 70.6 cm³/mol. The van der Waals surface area contributed by atoms with Crippen molar-refractivity contribution in [3.8, 4) is 0 Å². The summed E-state index contributed by atoms with van der Waals surface area (Å²) in [6.07, 6.45) is 1.92. The molecule has 1 aliphatic heterocycles. The van der Waals surface area contributed by atoms with Gasteiger partial charge in [-0.05, 0) is 18.6 Å². The Morgan fingerprint density at radius 2 is 2.14 bits per heavy atom. The second-order valence-corrected chi connectivity index (χ2v) is 4.72. The van der Waals surface area contributed by atoms with Crippen LogP contribution < -0.4 is 10.6 Å². The highest BCUT2D eigenvalue weighted by atomic mass is 19.2. The number of hydrogen-bond donors (Lipinski definition) is 2. The van der Waals surface area contributed by atoms with Crippen molar-refractivity contribution >= 4 is 11.7 Å². The van der Waals surface area contributed by atoms with Crippen LogP contribution in [0.4, 0.5) is 19.3 Å². The first-order valence-corrected chi connectivity index (χ1v) is 6.54. The molecule has 8 heteroatoms. The molecule has 2 aromatic rings. The van der Waals surface area contributed by atoms with Crippen molar-refractivity contribution in [1.82, 2.24) is 20.1 Å². The number of hydrogen-bond acceptors (Lipinski definition) is 3. The van der Waals surface area contributed by atoms with Crippen molar-refractivity contribution in [2.45, 2.75) is 25.9 Å². The van der Waals surface area contributed by atoms with Gasteiger partial charge in [-0.1, -0.05) is 0 Å². The van der Waals surface area contributed by atoms with E-state index in [1.54, 1.807) is 0 Å². The summed E-state index contributed by atoms with van der Waals surface area (Å²) in [4.78, 5) is 11.7. The van der Waals surface area contributed by atoms with E-state index in [1.807, 2.05) is 4.57 Å². The van der Waals surface area contributed by atoms with Crippen LogP contribution in [0.2, 0.25) is 0 Å². The number of benzene rings is 1. The normalized spacial score (nSPS) is 13.0. The van der Waals surface area contributed by atoms with E-state index in [-0.39, 0.29) is 12.2 Å². The molecule has 1 aromatic heterocycles. The summed E-state index contributed by atoms with van der Waals surface area (Å²) in [5.41, 5.74) is 0.179. The average Bonchev–Trinajstić information content (AvgIpc) is 3.04. The fraction of sp³-hybridized carbons (Fsp3) is 0.308. The molecule has 0 atom stereocenters. The molecule has 2 N–H and O–H groups in total. The van der Waals surface area contributed by atoms with E-state index in [0.717, 1.165) is 37.3 Å². The van der Waals surface area contributed by atoms with Gasteiger partial charge in [-0.2, -0.15) is 0 Å². The van der Waals surface area contributed by atoms with Gasteiger partial charge in [-0.15, -0.1) is 10.2 Å². The van der Waals surface area contributed by atoms with Crippen LogP contribution in [-0.4, -0.2) is 20.8 Å². The molecule has 0 spiro atoms. The van der Waals surface area contributed by atoms with Crippen molar-refractivity contribution < 1.29 is 13.6 Å². The molecule has 6 nitrogen and oxygen atoms in total. The summed E-state index contributed by atoms with van der Waals surface area (Å²) in [6.45, 7) is 1.08. The maximum atomic E-state index is 13.0. The number of halogens is 2. The van der Waals surface area contributed by atoms with Crippen LogP contribution in [0.3, 0.4) is 0 Å². The summed E-state index contributed by atoms with van der Waals surface area (Å²) in [5, 5.41) is 13.1. The highest BCUT2D eigenvalue weighted by molar-refractivity contribution is 5.89. The van der Waals surface area contributed by atoms with E-state index in [0.29, 0.717) is 5.82 Å². The Morgan fingerprint density at radius 3 is 2.95 bits per heavy atom. The first-order valence-electron chi connectivity index (χ1n) is 6.54. The van der Waals surface area contributed by atoms with Crippen LogP contribution in [0.15, 0.2) is 18.2 Å². The number of aromatic nitrogens is 3. The zero-order valence-electron chi connectivity index (χ0n) is 11.1. The molecular formula is C13H13F2N5O. The minimum Gasteiger partial charge on any atom is -0.331 e. The quantitative estimate of drug-likeness (QED) is 0.906. The number of aryl methyl sites for hydroxylation is 1. The summed E-state index contributed by atoms with van der Waals surface area (Å²) < 4.78 is 27.8. The van der Waals surface area contributed by atoms with Gasteiger partial charge in [-0.25, -0.2) is 13.6 Å². The number of nitrogens with zero attached hydrogens (tertiary/aromatic N) is 3. The molecule has 0 unspecified atom stereocenters. The predicted octanol–water partition coefficient (Wildman–Crippen LogP) is 1.82. The van der Waals surface area contributed by atoms with Crippen molar-refractivity contribution in [3.05, 3.63) is 41.5 Å². The molecule has 2 heterocycles. The first-order chi connectivity index (χ1) is 10.1. The number of rotatable bonds is 3. The monoisotopic (exact) mass is 293 g/mol. The molecule has 1 aliphatic rings. The zero-order chi connectivity index (χ0) is 14.8. The van der Waals surface area contributed by atoms with Gasteiger partial charge in [0.05, 0.1) is 6.54 Å². The third-order valence-corrected chi connectivity index (χ3v) is 3.27. The molecule has 0 saturated heterocycles. The molecule has 2 amide bonds. The van der Waals surface area contributed by atoms with Gasteiger partial charge in [-0.3, -0.25) is 0 Å². The number of fused-ring (bicyclic) bond motifs is 1. The molecule has 0 saturated carbocycles. The molecule has 0 aliphatic carbocycles. The maximum Gasteiger partial charge on any atom is 0.319 e. The fourth-order valence-corrected chi connectivity index (χ4v) is 2.25. The summed E-state index contributed by atoms with van der Waals surface area (Å²) in [7, 11) is 0. The molecular weight excluding hydrogens is 280 g/mol. The minimum absolute atomic E-state index is 0.179. The number of anilines is 1. The third-order valence-electron chi connectivity index (χ3n) is 3.27. The number of carbonyl (C=O) groups is 1. The Bertz CT molecular complexity index is 685. The van der Waals surface area contributed by atoms with E-state index < -0.39 is 17.7 Å². The van der Waals surface area contributed by atoms with E-state index in [2.05, 4.69) is 20.8 Å². The maximum absolute atomic E-state index is 13.0. The van der Waals surface area contributed by atoms with E-state index in [1.165, 1.54) is 6.07 Å². The summed E-state index contributed by atoms with van der Waals surface area (Å²) in [6, 6.07) is 2.64. The SMILES string of the molecule is O=C(NCc1nnc2n1CCC2)Nc1ccc(F)c(F)c1. The zero-order valence-corrected chi connectivity index (χ0v) is 11.1. The molecule has 0 radical (unpaired) electrons. The van der Waals surface area contributed by atoms with Crippen LogP contribution in [0, 0.1) is 11.6 Å². The van der Waals surface area contributed by atoms with Crippen LogP contribution in [0.25, 0.3) is 0 Å². The lowest BCUT2D eigenvalue weighted by Crippen LogP contribution is -2.29. The third kappa shape index (κ3) is 2.83. The Hall–Kier alpha value is -2.51. The van der Waals surface area contributed by atoms with Gasteiger partial charge >= 0.3 is 6.03 Å². The molecule has 0 fully saturated rings. The van der Waals surface area contributed by atoms with E-state index >= 15 is 0 Å². The van der Waals surface area contributed by atoms with Crippen LogP contribution in [0.1, 0.15) is 18.1 Å². The number of amides is 2. The van der Waals surface area contributed by atoms with Gasteiger partial charge in [0.2, 0.25) is 0 Å². The summed E-state index contributed by atoms with van der Waals surface area (Å²) in [5.74, 6) is -0.362. The molecule has 1 aromatic carbocycles. The highest BCUT2D eigenvalue weighted by Crippen LogP contribution is 2.14. The number of urea groups is 1. The van der Waals surface area contributed by atoms with Gasteiger partial charge in [0.1, 0.15) is 5.82 Å². The Morgan fingerprint density at radius 1 is 1.29 bits per heavy atom. The topological polar surface area (TPSA) is 71.8 Å². The smallest absolute Gasteiger partial charge is 0.319 e. The molecule has 21 heavy (non-hydrogen) atoms. The molecule has 3 rings (SSSR count). The number of nitrogens with one attached hydrogen (secondary N) is 2. The van der Waals surface area contributed by atoms with Gasteiger partial charge < -0.3 is 15.2 Å².